The summed E-state index contributed by atoms with van der Waals surface area (Å²) in [5, 5.41) is 1.15. The second kappa shape index (κ2) is 3.59. The molecule has 0 saturated heterocycles. The summed E-state index contributed by atoms with van der Waals surface area (Å²) >= 11 is 0. The first-order valence-corrected chi connectivity index (χ1v) is 2.20. The number of aliphatic imine (C=N–C) groups is 1. The van der Waals surface area contributed by atoms with E-state index in [4.69, 9.17) is 11.5 Å². The lowest BCUT2D eigenvalue weighted by Gasteiger charge is -1.96. The highest BCUT2D eigenvalue weighted by atomic mass is 19.3. The van der Waals surface area contributed by atoms with Crippen molar-refractivity contribution in [2.24, 2.45) is 16.5 Å². The number of amides is 2. The molecule has 0 aliphatic heterocycles. The second-order valence-electron chi connectivity index (χ2n) is 1.29. The number of urea groups is 1. The van der Waals surface area contributed by atoms with Crippen molar-refractivity contribution in [2.75, 3.05) is 0 Å². The average molecular weight is 152 g/mol. The normalized spacial score (nSPS) is 9.10. The largest absolute Gasteiger partial charge is 0.370 e. The summed E-state index contributed by atoms with van der Waals surface area (Å²) in [6.45, 7) is -2.95. The third-order valence-electron chi connectivity index (χ3n) is 0.463. The number of rotatable bonds is 1. The van der Waals surface area contributed by atoms with Gasteiger partial charge in [-0.3, -0.25) is 5.32 Å². The molecule has 0 rings (SSSR count). The molecule has 10 heavy (non-hydrogen) atoms. The highest BCUT2D eigenvalue weighted by Gasteiger charge is 2.05. The summed E-state index contributed by atoms with van der Waals surface area (Å²) < 4.78 is 22.5. The van der Waals surface area contributed by atoms with Crippen LogP contribution >= 0.6 is 0 Å². The van der Waals surface area contributed by atoms with E-state index < -0.39 is 18.5 Å². The number of guanidine groups is 1. The number of hydrogen-bond donors (Lipinski definition) is 3. The van der Waals surface area contributed by atoms with Crippen LogP contribution in [0.4, 0.5) is 13.6 Å². The molecular weight excluding hydrogens is 146 g/mol. The lowest BCUT2D eigenvalue weighted by molar-refractivity contribution is 0.118. The van der Waals surface area contributed by atoms with Gasteiger partial charge in [0.1, 0.15) is 0 Å². The van der Waals surface area contributed by atoms with Crippen molar-refractivity contribution in [3.05, 3.63) is 0 Å². The molecule has 58 valence electrons. The van der Waals surface area contributed by atoms with Gasteiger partial charge in [0.05, 0.1) is 0 Å². The molecule has 0 atom stereocenters. The number of nitrogens with two attached hydrogens (primary N) is 2. The lowest BCUT2D eigenvalue weighted by atomic mass is 10.9. The molecular formula is C3H6F2N4O. The monoisotopic (exact) mass is 152 g/mol. The van der Waals surface area contributed by atoms with Gasteiger partial charge in [0.25, 0.3) is 0 Å². The maximum atomic E-state index is 11.3. The van der Waals surface area contributed by atoms with Crippen molar-refractivity contribution >= 4 is 12.0 Å². The number of alkyl halides is 2. The Balaban J connectivity index is 3.76. The minimum absolute atomic E-state index is 0.557. The van der Waals surface area contributed by atoms with Crippen LogP contribution in [-0.4, -0.2) is 18.5 Å². The fourth-order valence-corrected chi connectivity index (χ4v) is 0.243. The smallest absolute Gasteiger partial charge is 0.348 e. The van der Waals surface area contributed by atoms with Gasteiger partial charge in [-0.05, 0) is 0 Å². The van der Waals surface area contributed by atoms with Crippen LogP contribution in [0.5, 0.6) is 0 Å². The Labute approximate surface area is 55.1 Å². The van der Waals surface area contributed by atoms with Crippen LogP contribution in [0, 0.1) is 0 Å². The Kier molecular flexibility index (Phi) is 3.09. The highest BCUT2D eigenvalue weighted by molar-refractivity contribution is 5.90. The van der Waals surface area contributed by atoms with E-state index in [1.54, 1.807) is 0 Å². The lowest BCUT2D eigenvalue weighted by Crippen LogP contribution is -2.31. The van der Waals surface area contributed by atoms with E-state index in [9.17, 15) is 13.6 Å². The van der Waals surface area contributed by atoms with E-state index in [-0.39, 0.29) is 0 Å². The zero-order valence-corrected chi connectivity index (χ0v) is 4.84. The van der Waals surface area contributed by atoms with Crippen LogP contribution in [0.2, 0.25) is 0 Å². The van der Waals surface area contributed by atoms with E-state index >= 15 is 0 Å². The summed E-state index contributed by atoms with van der Waals surface area (Å²) in [6, 6.07) is -1.25. The number of hydrogen-bond acceptors (Lipinski definition) is 1. The predicted octanol–water partition coefficient (Wildman–Crippen LogP) is -0.808. The van der Waals surface area contributed by atoms with E-state index in [0.29, 0.717) is 0 Å². The average Bonchev–Trinajstić information content (AvgIpc) is 1.58. The zero-order chi connectivity index (χ0) is 8.15. The fourth-order valence-electron chi connectivity index (χ4n) is 0.243. The van der Waals surface area contributed by atoms with Gasteiger partial charge in [0.2, 0.25) is 0 Å². The van der Waals surface area contributed by atoms with Crippen LogP contribution < -0.4 is 16.8 Å². The molecule has 0 aromatic carbocycles. The molecule has 0 aliphatic carbocycles. The van der Waals surface area contributed by atoms with Crippen LogP contribution in [0.25, 0.3) is 0 Å². The van der Waals surface area contributed by atoms with Crippen molar-refractivity contribution in [2.45, 2.75) is 6.55 Å². The molecule has 5 N–H and O–H groups in total. The predicted molar refractivity (Wildman–Crippen MR) is 30.3 cm³/mol. The molecule has 0 bridgehead atoms. The maximum absolute atomic E-state index is 11.3. The minimum Gasteiger partial charge on any atom is -0.370 e. The third-order valence-corrected chi connectivity index (χ3v) is 0.463. The number of halogens is 2. The zero-order valence-electron chi connectivity index (χ0n) is 4.84. The van der Waals surface area contributed by atoms with Crippen LogP contribution in [-0.2, 0) is 0 Å². The van der Waals surface area contributed by atoms with Crippen molar-refractivity contribution < 1.29 is 13.6 Å². The molecule has 0 fully saturated rings. The maximum Gasteiger partial charge on any atom is 0.348 e. The second-order valence-corrected chi connectivity index (χ2v) is 1.29. The molecule has 0 aromatic rings. The molecule has 5 nitrogen and oxygen atoms in total. The highest BCUT2D eigenvalue weighted by Crippen LogP contribution is 1.85. The van der Waals surface area contributed by atoms with E-state index in [2.05, 4.69) is 4.99 Å². The van der Waals surface area contributed by atoms with Crippen molar-refractivity contribution in [3.63, 3.8) is 0 Å². The van der Waals surface area contributed by atoms with Crippen LogP contribution in [0.3, 0.4) is 0 Å². The molecule has 0 spiro atoms. The van der Waals surface area contributed by atoms with Gasteiger partial charge >= 0.3 is 12.6 Å². The van der Waals surface area contributed by atoms with Gasteiger partial charge in [0.15, 0.2) is 5.96 Å². The summed E-state index contributed by atoms with van der Waals surface area (Å²) in [6.07, 6.45) is 0. The van der Waals surface area contributed by atoms with E-state index in [0.717, 1.165) is 5.32 Å². The van der Waals surface area contributed by atoms with Gasteiger partial charge in [-0.1, -0.05) is 0 Å². The van der Waals surface area contributed by atoms with Crippen molar-refractivity contribution in [3.8, 4) is 0 Å². The SMILES string of the molecule is NC(N)=NC(=O)NC(F)F. The number of carbonyl (C=O) groups excluding carboxylic acids is 1. The quantitative estimate of drug-likeness (QED) is 0.260. The minimum atomic E-state index is -2.95. The summed E-state index contributed by atoms with van der Waals surface area (Å²) in [4.78, 5) is 12.9. The number of carbonyl (C=O) groups is 1. The Morgan fingerprint density at radius 2 is 2.00 bits per heavy atom. The Bertz CT molecular complexity index is 153. The molecule has 7 heteroatoms. The van der Waals surface area contributed by atoms with Gasteiger partial charge in [-0.15, -0.1) is 0 Å². The number of nitrogens with one attached hydrogen (secondary N) is 1. The molecule has 0 unspecified atom stereocenters. The Morgan fingerprint density at radius 3 is 2.30 bits per heavy atom. The molecule has 0 aliphatic rings. The first-order chi connectivity index (χ1) is 4.52. The summed E-state index contributed by atoms with van der Waals surface area (Å²) in [5.74, 6) is -0.557. The topological polar surface area (TPSA) is 93.5 Å². The summed E-state index contributed by atoms with van der Waals surface area (Å²) in [5.41, 5.74) is 9.38. The molecule has 0 radical (unpaired) electrons. The van der Waals surface area contributed by atoms with Crippen molar-refractivity contribution in [1.82, 2.24) is 5.32 Å². The number of nitrogens with zero attached hydrogens (tertiary/aromatic N) is 1. The Hall–Kier alpha value is -1.40. The first-order valence-electron chi connectivity index (χ1n) is 2.20. The first kappa shape index (κ1) is 8.60. The molecule has 0 aromatic heterocycles. The van der Waals surface area contributed by atoms with Gasteiger partial charge in [-0.25, -0.2) is 4.79 Å². The standard InChI is InChI=1S/C3H6F2N4O/c4-1(5)8-3(10)9-2(6)7/h1H,(H5,6,7,8,9,10). The van der Waals surface area contributed by atoms with Gasteiger partial charge < -0.3 is 11.5 Å². The summed E-state index contributed by atoms with van der Waals surface area (Å²) in [7, 11) is 0. The van der Waals surface area contributed by atoms with E-state index in [1.807, 2.05) is 0 Å². The van der Waals surface area contributed by atoms with Crippen molar-refractivity contribution in [1.29, 1.82) is 0 Å². The third kappa shape index (κ3) is 4.75. The Morgan fingerprint density at radius 1 is 1.50 bits per heavy atom. The van der Waals surface area contributed by atoms with Crippen LogP contribution in [0.1, 0.15) is 0 Å². The van der Waals surface area contributed by atoms with Gasteiger partial charge in [0, 0.05) is 0 Å². The molecule has 0 saturated carbocycles. The van der Waals surface area contributed by atoms with E-state index in [1.165, 1.54) is 0 Å². The van der Waals surface area contributed by atoms with Gasteiger partial charge in [-0.2, -0.15) is 13.8 Å². The fraction of sp³-hybridized carbons (Fsp3) is 0.333. The molecule has 2 amide bonds. The van der Waals surface area contributed by atoms with Crippen LogP contribution in [0.15, 0.2) is 4.99 Å². The molecule has 0 heterocycles.